The van der Waals surface area contributed by atoms with Gasteiger partial charge in [-0.15, -0.1) is 0 Å². The Hall–Kier alpha value is -3.83. The van der Waals surface area contributed by atoms with Crippen molar-refractivity contribution in [3.05, 3.63) is 48.0 Å². The number of hydrogen-bond donors (Lipinski definition) is 3. The molecule has 0 aromatic heterocycles. The van der Waals surface area contributed by atoms with Crippen molar-refractivity contribution in [2.75, 3.05) is 53.8 Å². The third-order valence-electron chi connectivity index (χ3n) is 8.61. The van der Waals surface area contributed by atoms with E-state index in [1.54, 1.807) is 44.4 Å². The molecule has 0 saturated carbocycles. The van der Waals surface area contributed by atoms with Crippen molar-refractivity contribution in [2.24, 2.45) is 11.8 Å². The predicted octanol–water partition coefficient (Wildman–Crippen LogP) is 2.56. The Morgan fingerprint density at radius 1 is 1.00 bits per heavy atom. The number of rotatable bonds is 15. The van der Waals surface area contributed by atoms with Crippen LogP contribution in [-0.4, -0.2) is 119 Å². The van der Waals surface area contributed by atoms with Crippen LogP contribution < -0.4 is 24.8 Å². The maximum absolute atomic E-state index is 13.9. The van der Waals surface area contributed by atoms with Crippen molar-refractivity contribution < 1.29 is 51.5 Å². The molecule has 15 nitrogen and oxygen atoms in total. The fourth-order valence-corrected chi connectivity index (χ4v) is 7.57. The van der Waals surface area contributed by atoms with Crippen LogP contribution in [0.4, 0.5) is 9.59 Å². The molecule has 2 aromatic rings. The van der Waals surface area contributed by atoms with Crippen LogP contribution in [0.15, 0.2) is 47.4 Å². The minimum Gasteiger partial charge on any atom is -0.491 e. The van der Waals surface area contributed by atoms with Crippen molar-refractivity contribution in [1.82, 2.24) is 19.8 Å². The van der Waals surface area contributed by atoms with Crippen LogP contribution in [-0.2, 0) is 30.7 Å². The van der Waals surface area contributed by atoms with E-state index < -0.39 is 40.7 Å². The molecule has 6 atom stereocenters. The Kier molecular flexibility index (Phi) is 12.3. The highest BCUT2D eigenvalue weighted by Crippen LogP contribution is 2.35. The summed E-state index contributed by atoms with van der Waals surface area (Å²) in [6.45, 7) is 6.37. The summed E-state index contributed by atoms with van der Waals surface area (Å²) in [5.74, 6) is 1.19. The smallest absolute Gasteiger partial charge is 0.407 e. The van der Waals surface area contributed by atoms with Crippen LogP contribution in [0.25, 0.3) is 0 Å². The molecular formula is C34H48N4O11S. The van der Waals surface area contributed by atoms with E-state index in [1.807, 2.05) is 20.8 Å². The number of aliphatic hydroxyl groups is 1. The maximum atomic E-state index is 13.9. The number of benzene rings is 2. The molecule has 3 heterocycles. The Bertz CT molecular complexity index is 1570. The van der Waals surface area contributed by atoms with E-state index in [0.717, 1.165) is 5.56 Å². The number of sulfonamides is 1. The van der Waals surface area contributed by atoms with Gasteiger partial charge in [0.25, 0.3) is 0 Å². The third kappa shape index (κ3) is 9.48. The SMILES string of the molecule is CC(C)CN(C[C@@H](O)[C@H](Cc1ccc(OCC(C)NC(=O)N(C)C)cc1)NC(=O)O[C@H]1CO[C@H]2OCC[C@H]21)S(=O)(=O)c1ccc2c(c1)OCO2. The van der Waals surface area contributed by atoms with Gasteiger partial charge in [-0.2, -0.15) is 4.31 Å². The van der Waals surface area contributed by atoms with Gasteiger partial charge in [0.05, 0.1) is 42.2 Å². The number of fused-ring (bicyclic) bond motifs is 2. The van der Waals surface area contributed by atoms with Crippen LogP contribution in [0, 0.1) is 11.8 Å². The summed E-state index contributed by atoms with van der Waals surface area (Å²) in [6.07, 6.45) is -2.14. The van der Waals surface area contributed by atoms with E-state index in [4.69, 9.17) is 28.4 Å². The van der Waals surface area contributed by atoms with Crippen molar-refractivity contribution in [3.63, 3.8) is 0 Å². The van der Waals surface area contributed by atoms with Gasteiger partial charge in [0, 0.05) is 33.3 Å². The Morgan fingerprint density at radius 3 is 2.46 bits per heavy atom. The van der Waals surface area contributed by atoms with Gasteiger partial charge in [0.15, 0.2) is 17.8 Å². The first-order chi connectivity index (χ1) is 23.8. The second-order valence-corrected chi connectivity index (χ2v) is 15.4. The standard InChI is InChI=1S/C34H48N4O11S/c1-21(2)16-38(50(42,43)25-10-11-29-30(15-25)48-20-47-29)17-28(39)27(36-34(41)49-31-19-46-32-26(31)12-13-44-32)14-23-6-8-24(9-7-23)45-18-22(3)35-33(40)37(4)5/h6-11,15,21-22,26-28,31-32,39H,12-14,16-20H2,1-5H3,(H,35,40)(H,36,41)/t22?,26-,27-,28+,31-,32+/m0/s1. The molecule has 50 heavy (non-hydrogen) atoms. The van der Waals surface area contributed by atoms with Crippen LogP contribution in [0.2, 0.25) is 0 Å². The second kappa shape index (κ2) is 16.5. The Morgan fingerprint density at radius 2 is 1.74 bits per heavy atom. The first-order valence-corrected chi connectivity index (χ1v) is 18.2. The normalized spacial score (nSPS) is 21.4. The van der Waals surface area contributed by atoms with Crippen LogP contribution in [0.5, 0.6) is 17.2 Å². The average Bonchev–Trinajstić information content (AvgIpc) is 3.82. The molecule has 0 aliphatic carbocycles. The number of amides is 3. The summed E-state index contributed by atoms with van der Waals surface area (Å²) in [5.41, 5.74) is 0.748. The number of nitrogens with one attached hydrogen (secondary N) is 2. The summed E-state index contributed by atoms with van der Waals surface area (Å²) in [4.78, 5) is 26.6. The zero-order valence-electron chi connectivity index (χ0n) is 29.1. The lowest BCUT2D eigenvalue weighted by atomic mass is 10.0. The molecule has 16 heteroatoms. The molecule has 3 N–H and O–H groups in total. The maximum Gasteiger partial charge on any atom is 0.407 e. The molecule has 2 fully saturated rings. The topological polar surface area (TPSA) is 174 Å². The number of carbonyl (C=O) groups is 2. The molecule has 2 saturated heterocycles. The zero-order chi connectivity index (χ0) is 36.0. The zero-order valence-corrected chi connectivity index (χ0v) is 29.9. The number of hydrogen-bond acceptors (Lipinski definition) is 11. The first-order valence-electron chi connectivity index (χ1n) is 16.8. The van der Waals surface area contributed by atoms with E-state index >= 15 is 0 Å². The molecule has 5 rings (SSSR count). The number of nitrogens with zero attached hydrogens (tertiary/aromatic N) is 2. The van der Waals surface area contributed by atoms with Gasteiger partial charge in [0.1, 0.15) is 18.5 Å². The number of urea groups is 1. The van der Waals surface area contributed by atoms with Crippen molar-refractivity contribution in [1.29, 1.82) is 0 Å². The van der Waals surface area contributed by atoms with Crippen molar-refractivity contribution in [3.8, 4) is 17.2 Å². The third-order valence-corrected chi connectivity index (χ3v) is 10.4. The number of aliphatic hydroxyl groups excluding tert-OH is 1. The van der Waals surface area contributed by atoms with Gasteiger partial charge in [-0.25, -0.2) is 18.0 Å². The summed E-state index contributed by atoms with van der Waals surface area (Å²) in [7, 11) is -0.777. The lowest BCUT2D eigenvalue weighted by Gasteiger charge is -2.31. The molecule has 3 amide bonds. The quantitative estimate of drug-likeness (QED) is 0.247. The molecule has 2 aromatic carbocycles. The van der Waals surface area contributed by atoms with Gasteiger partial charge in [-0.1, -0.05) is 26.0 Å². The molecule has 3 aliphatic heterocycles. The molecule has 0 spiro atoms. The second-order valence-electron chi connectivity index (χ2n) is 13.4. The van der Waals surface area contributed by atoms with Gasteiger partial charge in [0.2, 0.25) is 16.8 Å². The first kappa shape index (κ1) is 37.4. The summed E-state index contributed by atoms with van der Waals surface area (Å²) in [6, 6.07) is 10.1. The highest BCUT2D eigenvalue weighted by atomic mass is 32.2. The summed E-state index contributed by atoms with van der Waals surface area (Å²) < 4.78 is 62.5. The lowest BCUT2D eigenvalue weighted by molar-refractivity contribution is -0.0907. The summed E-state index contributed by atoms with van der Waals surface area (Å²) in [5, 5.41) is 17.3. The van der Waals surface area contributed by atoms with Crippen molar-refractivity contribution >= 4 is 22.1 Å². The summed E-state index contributed by atoms with van der Waals surface area (Å²) >= 11 is 0. The Balaban J connectivity index is 1.30. The van der Waals surface area contributed by atoms with Gasteiger partial charge in [-0.3, -0.25) is 0 Å². The van der Waals surface area contributed by atoms with Crippen LogP contribution >= 0.6 is 0 Å². The van der Waals surface area contributed by atoms with Crippen LogP contribution in [0.3, 0.4) is 0 Å². The molecule has 1 unspecified atom stereocenters. The molecule has 0 radical (unpaired) electrons. The molecule has 276 valence electrons. The highest BCUT2D eigenvalue weighted by Gasteiger charge is 2.44. The van der Waals surface area contributed by atoms with E-state index in [2.05, 4.69) is 10.6 Å². The average molecular weight is 721 g/mol. The minimum absolute atomic E-state index is 0.000662. The lowest BCUT2D eigenvalue weighted by Crippen LogP contribution is -2.51. The number of ether oxygens (including phenoxy) is 6. The van der Waals surface area contributed by atoms with Gasteiger partial charge < -0.3 is 49.1 Å². The predicted molar refractivity (Wildman–Crippen MR) is 180 cm³/mol. The van der Waals surface area contributed by atoms with E-state index in [0.29, 0.717) is 30.3 Å². The molecule has 3 aliphatic rings. The monoisotopic (exact) mass is 720 g/mol. The minimum atomic E-state index is -4.09. The van der Waals surface area contributed by atoms with Gasteiger partial charge >= 0.3 is 12.1 Å². The van der Waals surface area contributed by atoms with E-state index in [9.17, 15) is 23.1 Å². The van der Waals surface area contributed by atoms with Gasteiger partial charge in [-0.05, 0) is 55.5 Å². The fourth-order valence-electron chi connectivity index (χ4n) is 5.93. The Labute approximate surface area is 293 Å². The fraction of sp³-hybridized carbons (Fsp3) is 0.588. The largest absolute Gasteiger partial charge is 0.491 e. The molecule has 0 bridgehead atoms. The number of carbonyl (C=O) groups excluding carboxylic acids is 2. The van der Waals surface area contributed by atoms with E-state index in [-0.39, 0.29) is 68.3 Å². The highest BCUT2D eigenvalue weighted by molar-refractivity contribution is 7.89. The van der Waals surface area contributed by atoms with Crippen LogP contribution in [0.1, 0.15) is 32.8 Å². The van der Waals surface area contributed by atoms with Crippen molar-refractivity contribution in [2.45, 2.75) is 69.1 Å². The van der Waals surface area contributed by atoms with E-state index in [1.165, 1.54) is 21.3 Å². The molecular weight excluding hydrogens is 672 g/mol. The number of alkyl carbamates (subject to hydrolysis) is 1.